The first-order valence-electron chi connectivity index (χ1n) is 3.16. The maximum Gasteiger partial charge on any atom is 0.333 e. The molecule has 0 heterocycles. The molecule has 70 valence electrons. The summed E-state index contributed by atoms with van der Waals surface area (Å²) in [4.78, 5) is 9.27. The zero-order valence-electron chi connectivity index (χ0n) is 6.20. The molecule has 0 atom stereocenters. The van der Waals surface area contributed by atoms with E-state index >= 15 is 0 Å². The van der Waals surface area contributed by atoms with E-state index in [1.165, 1.54) is 12.1 Å². The molecule has 13 heavy (non-hydrogen) atoms. The third-order valence-electron chi connectivity index (χ3n) is 1.36. The van der Waals surface area contributed by atoms with Crippen molar-refractivity contribution in [2.75, 3.05) is 0 Å². The molecular weight excluding hydrogens is 202 g/mol. The van der Waals surface area contributed by atoms with Crippen LogP contribution in [-0.4, -0.2) is 14.5 Å². The molecule has 0 aliphatic carbocycles. The molecule has 0 aliphatic heterocycles. The number of carbonyl (C=O) groups excluding carboxylic acids is 1. The van der Waals surface area contributed by atoms with E-state index in [4.69, 9.17) is 0 Å². The summed E-state index contributed by atoms with van der Waals surface area (Å²) < 4.78 is 45.3. The van der Waals surface area contributed by atoms with Crippen LogP contribution in [0.5, 0.6) is 0 Å². The molecule has 0 fully saturated rings. The molecule has 0 saturated carbocycles. The lowest BCUT2D eigenvalue weighted by Crippen LogP contribution is -2.01. The number of hydrogen-bond acceptors (Lipinski definition) is 3. The van der Waals surface area contributed by atoms with Crippen LogP contribution in [0.25, 0.3) is 0 Å². The summed E-state index contributed by atoms with van der Waals surface area (Å²) in [6, 6.07) is 2.17. The van der Waals surface area contributed by atoms with Crippen LogP contribution in [-0.2, 0) is 10.2 Å². The summed E-state index contributed by atoms with van der Waals surface area (Å²) in [6.45, 7) is 0. The molecule has 0 bridgehead atoms. The molecule has 0 aliphatic rings. The van der Waals surface area contributed by atoms with E-state index in [1.807, 2.05) is 0 Å². The number of benzene rings is 1. The molecule has 1 rings (SSSR count). The van der Waals surface area contributed by atoms with E-state index < -0.39 is 26.7 Å². The molecule has 0 spiro atoms. The Morgan fingerprint density at radius 2 is 1.77 bits per heavy atom. The van der Waals surface area contributed by atoms with Crippen LogP contribution >= 0.6 is 0 Å². The van der Waals surface area contributed by atoms with Gasteiger partial charge in [0.25, 0.3) is 0 Å². The zero-order chi connectivity index (χ0) is 10.1. The number of hydrogen-bond donors (Lipinski definition) is 0. The number of carbonyl (C=O) groups is 1. The van der Waals surface area contributed by atoms with Crippen molar-refractivity contribution in [1.29, 1.82) is 0 Å². The van der Waals surface area contributed by atoms with Gasteiger partial charge in [-0.25, -0.2) is 0 Å². The molecule has 1 aromatic rings. The van der Waals surface area contributed by atoms with Gasteiger partial charge in [-0.3, -0.25) is 4.79 Å². The first-order chi connectivity index (χ1) is 5.93. The highest BCUT2D eigenvalue weighted by Gasteiger charge is 2.20. The van der Waals surface area contributed by atoms with Gasteiger partial charge in [-0.1, -0.05) is 12.1 Å². The summed E-state index contributed by atoms with van der Waals surface area (Å²) in [7, 11) is -5.04. The highest BCUT2D eigenvalue weighted by molar-refractivity contribution is 7.86. The Morgan fingerprint density at radius 3 is 2.15 bits per heavy atom. The van der Waals surface area contributed by atoms with Gasteiger partial charge in [0.05, 0.1) is 5.56 Å². The van der Waals surface area contributed by atoms with E-state index in [9.17, 15) is 21.5 Å². The fourth-order valence-electron chi connectivity index (χ4n) is 0.842. The molecule has 0 aromatic heterocycles. The normalized spacial score (nSPS) is 11.2. The largest absolute Gasteiger partial charge is 0.333 e. The molecule has 0 unspecified atom stereocenters. The van der Waals surface area contributed by atoms with Crippen LogP contribution in [0.3, 0.4) is 0 Å². The van der Waals surface area contributed by atoms with Crippen LogP contribution in [0.15, 0.2) is 29.2 Å². The minimum atomic E-state index is -5.04. The van der Waals surface area contributed by atoms with Crippen molar-refractivity contribution in [3.8, 4) is 0 Å². The van der Waals surface area contributed by atoms with Crippen molar-refractivity contribution in [3.63, 3.8) is 0 Å². The van der Waals surface area contributed by atoms with Gasteiger partial charge in [0, 0.05) is 0 Å². The molecule has 6 heteroatoms. The van der Waals surface area contributed by atoms with Crippen LogP contribution in [0.4, 0.5) is 8.28 Å². The van der Waals surface area contributed by atoms with Gasteiger partial charge in [0.2, 0.25) is 0 Å². The van der Waals surface area contributed by atoms with E-state index in [0.29, 0.717) is 0 Å². The molecule has 1 aromatic carbocycles. The predicted octanol–water partition coefficient (Wildman–Crippen LogP) is 1.45. The maximum absolute atomic E-state index is 12.4. The monoisotopic (exact) mass is 206 g/mol. The molecule has 0 saturated heterocycles. The van der Waals surface area contributed by atoms with E-state index in [0.717, 1.165) is 12.1 Å². The van der Waals surface area contributed by atoms with Crippen LogP contribution in [0.2, 0.25) is 0 Å². The fourth-order valence-corrected chi connectivity index (χ4v) is 1.49. The van der Waals surface area contributed by atoms with Crippen molar-refractivity contribution >= 4 is 16.3 Å². The topological polar surface area (TPSA) is 51.2 Å². The molecule has 0 amide bonds. The first-order valence-corrected chi connectivity index (χ1v) is 4.55. The minimum absolute atomic E-state index is 0.787. The summed E-state index contributed by atoms with van der Waals surface area (Å²) >= 11 is 0. The van der Waals surface area contributed by atoms with Gasteiger partial charge < -0.3 is 0 Å². The lowest BCUT2D eigenvalue weighted by molar-refractivity contribution is 0.0832. The predicted molar refractivity (Wildman–Crippen MR) is 40.2 cm³/mol. The Bertz CT molecular complexity index is 439. The van der Waals surface area contributed by atoms with Crippen LogP contribution in [0, 0.1) is 0 Å². The molecule has 3 nitrogen and oxygen atoms in total. The highest BCUT2D eigenvalue weighted by atomic mass is 32.3. The summed E-state index contributed by atoms with van der Waals surface area (Å²) in [5.74, 6) is 0. The smallest absolute Gasteiger partial charge is 0.255 e. The zero-order valence-corrected chi connectivity index (χ0v) is 7.01. The second-order valence-electron chi connectivity index (χ2n) is 2.21. The van der Waals surface area contributed by atoms with Crippen molar-refractivity contribution in [2.24, 2.45) is 0 Å². The van der Waals surface area contributed by atoms with Crippen LogP contribution in [0.1, 0.15) is 10.4 Å². The second-order valence-corrected chi connectivity index (χ2v) is 3.52. The molecule has 0 radical (unpaired) electrons. The minimum Gasteiger partial charge on any atom is -0.255 e. The van der Waals surface area contributed by atoms with Crippen molar-refractivity contribution < 1.29 is 21.5 Å². The van der Waals surface area contributed by atoms with E-state index in [-0.39, 0.29) is 0 Å². The highest BCUT2D eigenvalue weighted by Crippen LogP contribution is 2.18. The first kappa shape index (κ1) is 9.79. The van der Waals surface area contributed by atoms with Gasteiger partial charge in [0.15, 0.2) is 0 Å². The Kier molecular flexibility index (Phi) is 2.42. The lowest BCUT2D eigenvalue weighted by atomic mass is 10.2. The Hall–Kier alpha value is -1.30. The van der Waals surface area contributed by atoms with E-state index in [2.05, 4.69) is 0 Å². The summed E-state index contributed by atoms with van der Waals surface area (Å²) in [6.07, 6.45) is 0. The SMILES string of the molecule is O=C(F)c1ccccc1S(=O)(=O)F. The summed E-state index contributed by atoms with van der Waals surface area (Å²) in [5, 5.41) is 0. The van der Waals surface area contributed by atoms with Crippen molar-refractivity contribution in [3.05, 3.63) is 29.8 Å². The van der Waals surface area contributed by atoms with E-state index in [1.54, 1.807) is 0 Å². The number of rotatable bonds is 2. The van der Waals surface area contributed by atoms with Gasteiger partial charge in [-0.05, 0) is 12.1 Å². The van der Waals surface area contributed by atoms with Gasteiger partial charge >= 0.3 is 16.3 Å². The van der Waals surface area contributed by atoms with Crippen LogP contribution < -0.4 is 0 Å². The molecular formula is C7H4F2O3S. The maximum atomic E-state index is 12.4. The van der Waals surface area contributed by atoms with Gasteiger partial charge in [0.1, 0.15) is 4.90 Å². The van der Waals surface area contributed by atoms with Gasteiger partial charge in [-0.15, -0.1) is 3.89 Å². The second kappa shape index (κ2) is 3.21. The molecule has 0 N–H and O–H groups in total. The quantitative estimate of drug-likeness (QED) is 0.688. The summed E-state index contributed by atoms with van der Waals surface area (Å²) in [5.41, 5.74) is -0.787. The average Bonchev–Trinajstić information content (AvgIpc) is 2.03. The number of halogens is 2. The fraction of sp³-hybridized carbons (Fsp3) is 0. The lowest BCUT2D eigenvalue weighted by Gasteiger charge is -1.98. The van der Waals surface area contributed by atoms with Crippen molar-refractivity contribution in [2.45, 2.75) is 4.90 Å². The standard InChI is InChI=1S/C7H4F2O3S/c8-7(10)5-3-1-2-4-6(5)13(9,11)12/h1-4H. The third kappa shape index (κ3) is 2.09. The van der Waals surface area contributed by atoms with Gasteiger partial charge in [-0.2, -0.15) is 12.8 Å². The Balaban J connectivity index is 3.46. The van der Waals surface area contributed by atoms with Crippen molar-refractivity contribution in [1.82, 2.24) is 0 Å². The average molecular weight is 206 g/mol. The Labute approximate surface area is 73.2 Å². The third-order valence-corrected chi connectivity index (χ3v) is 2.24. The Morgan fingerprint density at radius 1 is 1.23 bits per heavy atom.